The maximum absolute atomic E-state index is 12.4. The molecule has 0 aliphatic rings. The van der Waals surface area contributed by atoms with Crippen molar-refractivity contribution < 1.29 is 37.9 Å². The van der Waals surface area contributed by atoms with E-state index < -0.39 is 32.5 Å². The van der Waals surface area contributed by atoms with Gasteiger partial charge in [-0.2, -0.15) is 0 Å². The molecule has 0 saturated carbocycles. The van der Waals surface area contributed by atoms with E-state index in [0.29, 0.717) is 6.42 Å². The van der Waals surface area contributed by atoms with E-state index in [2.05, 4.69) is 54.8 Å². The van der Waals surface area contributed by atoms with Crippen molar-refractivity contribution in [1.82, 2.24) is 0 Å². The number of carbonyl (C=O) groups excluding carboxylic acids is 2. The Hall–Kier alpha value is -1.73. The summed E-state index contributed by atoms with van der Waals surface area (Å²) in [5, 5.41) is 0. The summed E-state index contributed by atoms with van der Waals surface area (Å²) in [4.78, 5) is 42.9. The molecule has 0 aromatic rings. The molecule has 8 nitrogen and oxygen atoms in total. The van der Waals surface area contributed by atoms with Crippen LogP contribution in [0.5, 0.6) is 0 Å². The summed E-state index contributed by atoms with van der Waals surface area (Å²) >= 11 is 0. The summed E-state index contributed by atoms with van der Waals surface area (Å²) in [6, 6.07) is 0. The van der Waals surface area contributed by atoms with Crippen molar-refractivity contribution in [2.45, 2.75) is 219 Å². The SMILES string of the molecule is CC/C=C\C/C=C\C/C=C\CCCCCCCCCC(=O)OC(COC(=O)CCCCCCCCCCCCCCCCCCCC)COP(=O)(O)O. The molecule has 0 spiro atoms. The lowest BCUT2D eigenvalue weighted by Gasteiger charge is -2.18. The summed E-state index contributed by atoms with van der Waals surface area (Å²) in [7, 11) is -4.76. The van der Waals surface area contributed by atoms with Gasteiger partial charge in [0, 0.05) is 12.8 Å². The Morgan fingerprint density at radius 2 is 0.906 bits per heavy atom. The van der Waals surface area contributed by atoms with Crippen molar-refractivity contribution >= 4 is 19.8 Å². The molecule has 310 valence electrons. The van der Waals surface area contributed by atoms with Gasteiger partial charge in [0.25, 0.3) is 0 Å². The Balaban J connectivity index is 3.88. The summed E-state index contributed by atoms with van der Waals surface area (Å²) in [5.74, 6) is -0.888. The van der Waals surface area contributed by atoms with Crippen LogP contribution in [0.3, 0.4) is 0 Å². The van der Waals surface area contributed by atoms with Crippen molar-refractivity contribution in [3.63, 3.8) is 0 Å². The zero-order chi connectivity index (χ0) is 38.9. The van der Waals surface area contributed by atoms with Crippen molar-refractivity contribution in [1.29, 1.82) is 0 Å². The fourth-order valence-corrected chi connectivity index (χ4v) is 6.57. The van der Waals surface area contributed by atoms with E-state index in [-0.39, 0.29) is 19.4 Å². The molecule has 2 N–H and O–H groups in total. The monoisotopic (exact) mass is 769 g/mol. The second kappa shape index (κ2) is 39.9. The predicted octanol–water partition coefficient (Wildman–Crippen LogP) is 13.4. The summed E-state index contributed by atoms with van der Waals surface area (Å²) < 4.78 is 26.4. The Labute approximate surface area is 325 Å². The van der Waals surface area contributed by atoms with Crippen LogP contribution in [0.1, 0.15) is 213 Å². The van der Waals surface area contributed by atoms with Crippen molar-refractivity contribution in [3.05, 3.63) is 36.5 Å². The second-order valence-electron chi connectivity index (χ2n) is 14.6. The number of unbranched alkanes of at least 4 members (excludes halogenated alkanes) is 24. The molecular formula is C44H81O8P. The van der Waals surface area contributed by atoms with Crippen LogP contribution in [-0.2, 0) is 28.2 Å². The molecule has 0 aliphatic carbocycles. The van der Waals surface area contributed by atoms with Crippen LogP contribution in [0.15, 0.2) is 36.5 Å². The van der Waals surface area contributed by atoms with E-state index in [1.807, 2.05) is 0 Å². The fraction of sp³-hybridized carbons (Fsp3) is 0.818. The highest BCUT2D eigenvalue weighted by Crippen LogP contribution is 2.36. The lowest BCUT2D eigenvalue weighted by molar-refractivity contribution is -0.161. The molecule has 0 rings (SSSR count). The quantitative estimate of drug-likeness (QED) is 0.0274. The van der Waals surface area contributed by atoms with Gasteiger partial charge in [-0.3, -0.25) is 14.1 Å². The fourth-order valence-electron chi connectivity index (χ4n) is 6.21. The Morgan fingerprint density at radius 3 is 1.36 bits per heavy atom. The normalized spacial score (nSPS) is 12.8. The zero-order valence-electron chi connectivity index (χ0n) is 34.2. The molecule has 0 aliphatic heterocycles. The van der Waals surface area contributed by atoms with Gasteiger partial charge in [0.05, 0.1) is 6.61 Å². The van der Waals surface area contributed by atoms with E-state index in [9.17, 15) is 14.2 Å². The first-order valence-corrected chi connectivity index (χ1v) is 23.3. The number of phosphoric acid groups is 1. The van der Waals surface area contributed by atoms with Crippen molar-refractivity contribution in [2.75, 3.05) is 13.2 Å². The molecule has 9 heteroatoms. The van der Waals surface area contributed by atoms with Gasteiger partial charge in [-0.05, 0) is 44.9 Å². The van der Waals surface area contributed by atoms with Crippen LogP contribution in [0.2, 0.25) is 0 Å². The first kappa shape index (κ1) is 51.3. The average molecular weight is 769 g/mol. The van der Waals surface area contributed by atoms with E-state index >= 15 is 0 Å². The average Bonchev–Trinajstić information content (AvgIpc) is 3.13. The van der Waals surface area contributed by atoms with Crippen LogP contribution in [0, 0.1) is 0 Å². The van der Waals surface area contributed by atoms with Crippen molar-refractivity contribution in [2.24, 2.45) is 0 Å². The standard InChI is InChI=1S/C44H81O8P/c1-3-5-7-9-11-13-15-17-19-21-23-24-26-28-30-32-34-36-38-43(45)50-40-42(41-51-53(47,48)49)52-44(46)39-37-35-33-31-29-27-25-22-20-18-16-14-12-10-8-6-4-2/h6,8,12,14,18,20,42H,3-5,7,9-11,13,15-17,19,21-41H2,1-2H3,(H2,47,48,49)/b8-6-,14-12-,20-18-. The van der Waals surface area contributed by atoms with Gasteiger partial charge < -0.3 is 19.3 Å². The number of carbonyl (C=O) groups is 2. The molecule has 53 heavy (non-hydrogen) atoms. The predicted molar refractivity (Wildman–Crippen MR) is 221 cm³/mol. The summed E-state index contributed by atoms with van der Waals surface area (Å²) in [6.45, 7) is 3.59. The second-order valence-corrected chi connectivity index (χ2v) is 15.9. The molecule has 0 bridgehead atoms. The lowest BCUT2D eigenvalue weighted by atomic mass is 10.0. The maximum Gasteiger partial charge on any atom is 0.469 e. The van der Waals surface area contributed by atoms with Gasteiger partial charge in [-0.25, -0.2) is 4.57 Å². The van der Waals surface area contributed by atoms with Crippen molar-refractivity contribution in [3.8, 4) is 0 Å². The lowest BCUT2D eigenvalue weighted by Crippen LogP contribution is -2.29. The van der Waals surface area contributed by atoms with Crippen LogP contribution in [0.4, 0.5) is 0 Å². The maximum atomic E-state index is 12.4. The molecule has 0 radical (unpaired) electrons. The molecule has 1 atom stereocenters. The van der Waals surface area contributed by atoms with Gasteiger partial charge >= 0.3 is 19.8 Å². The number of allylic oxidation sites excluding steroid dienone is 6. The van der Waals surface area contributed by atoms with Crippen LogP contribution < -0.4 is 0 Å². The highest BCUT2D eigenvalue weighted by atomic mass is 31.2. The number of esters is 2. The number of hydrogen-bond donors (Lipinski definition) is 2. The minimum atomic E-state index is -4.76. The minimum Gasteiger partial charge on any atom is -0.462 e. The third kappa shape index (κ3) is 42.9. The molecule has 0 amide bonds. The van der Waals surface area contributed by atoms with Crippen LogP contribution in [-0.4, -0.2) is 41.0 Å². The molecule has 0 heterocycles. The highest BCUT2D eigenvalue weighted by molar-refractivity contribution is 7.46. The first-order valence-electron chi connectivity index (χ1n) is 21.8. The smallest absolute Gasteiger partial charge is 0.462 e. The number of ether oxygens (including phenoxy) is 2. The molecule has 0 fully saturated rings. The molecule has 0 aromatic heterocycles. The van der Waals surface area contributed by atoms with Gasteiger partial charge in [-0.15, -0.1) is 0 Å². The van der Waals surface area contributed by atoms with E-state index in [1.54, 1.807) is 0 Å². The van der Waals surface area contributed by atoms with Crippen LogP contribution >= 0.6 is 7.82 Å². The first-order chi connectivity index (χ1) is 25.8. The topological polar surface area (TPSA) is 119 Å². The summed E-state index contributed by atoms with van der Waals surface area (Å²) in [5.41, 5.74) is 0. The zero-order valence-corrected chi connectivity index (χ0v) is 35.1. The minimum absolute atomic E-state index is 0.202. The Morgan fingerprint density at radius 1 is 0.509 bits per heavy atom. The van der Waals surface area contributed by atoms with Gasteiger partial charge in [-0.1, -0.05) is 192 Å². The molecule has 0 saturated heterocycles. The van der Waals surface area contributed by atoms with E-state index in [4.69, 9.17) is 19.3 Å². The number of hydrogen-bond acceptors (Lipinski definition) is 6. The Bertz CT molecular complexity index is 957. The third-order valence-corrected chi connectivity index (χ3v) is 9.91. The number of rotatable bonds is 40. The Kier molecular flexibility index (Phi) is 38.6. The largest absolute Gasteiger partial charge is 0.469 e. The van der Waals surface area contributed by atoms with Gasteiger partial charge in [0.15, 0.2) is 6.10 Å². The van der Waals surface area contributed by atoms with Gasteiger partial charge in [0.1, 0.15) is 6.61 Å². The molecular weight excluding hydrogens is 687 g/mol. The molecule has 0 aromatic carbocycles. The summed E-state index contributed by atoms with van der Waals surface area (Å²) in [6.07, 6.45) is 47.2. The van der Waals surface area contributed by atoms with Crippen LogP contribution in [0.25, 0.3) is 0 Å². The third-order valence-electron chi connectivity index (χ3n) is 9.42. The van der Waals surface area contributed by atoms with E-state index in [1.165, 1.54) is 116 Å². The highest BCUT2D eigenvalue weighted by Gasteiger charge is 2.22. The van der Waals surface area contributed by atoms with Gasteiger partial charge in [0.2, 0.25) is 0 Å². The molecule has 1 unspecified atom stereocenters. The van der Waals surface area contributed by atoms with E-state index in [0.717, 1.165) is 64.2 Å². The number of phosphoric ester groups is 1.